The summed E-state index contributed by atoms with van der Waals surface area (Å²) >= 11 is 0. The fourth-order valence-electron chi connectivity index (χ4n) is 9.59. The molecule has 2 unspecified atom stereocenters. The predicted molar refractivity (Wildman–Crippen MR) is 211 cm³/mol. The van der Waals surface area contributed by atoms with E-state index in [9.17, 15) is 24.0 Å². The van der Waals surface area contributed by atoms with Crippen molar-refractivity contribution in [2.24, 2.45) is 34.7 Å². The van der Waals surface area contributed by atoms with Gasteiger partial charge < -0.3 is 28.6 Å². The van der Waals surface area contributed by atoms with E-state index in [4.69, 9.17) is 29.2 Å². The lowest BCUT2D eigenvalue weighted by Gasteiger charge is -2.52. The number of azide groups is 1. The standard InChI is InChI=1S/C42H61N5O10/c1-13-29(22-44-45-43)47-37-26(6)33(48)23(3)21-41(8,53-12)32(25(5)34(49)27(7)38(50)55-31(14-2)42(37,9)57-40(47)52)36-35(30(46(10)11)20-24(4)54-36)56-39(51)28-18-16-15-17-19-28/h13,15-19,23-27,29-32,35-37H,1,14,20-22H2,2-12H3/t23-,24-,25-,26+,27-,29+,30+,31?,32?,35-,36+,37-,41-,42-/m1/s1. The lowest BCUT2D eigenvalue weighted by molar-refractivity contribution is -0.212. The van der Waals surface area contributed by atoms with Gasteiger partial charge in [0.1, 0.15) is 35.8 Å². The molecule has 1 amide bonds. The lowest BCUT2D eigenvalue weighted by Crippen LogP contribution is -2.63. The summed E-state index contributed by atoms with van der Waals surface area (Å²) in [6.45, 7) is 17.5. The third-order valence-electron chi connectivity index (χ3n) is 12.6. The Hall–Kier alpha value is -4.30. The molecule has 0 aromatic heterocycles. The molecule has 0 radical (unpaired) electrons. The number of carbonyl (C=O) groups is 5. The van der Waals surface area contributed by atoms with Crippen LogP contribution in [0, 0.1) is 29.6 Å². The number of hydrogen-bond donors (Lipinski definition) is 0. The van der Waals surface area contributed by atoms with Crippen LogP contribution < -0.4 is 0 Å². The van der Waals surface area contributed by atoms with Gasteiger partial charge in [-0.3, -0.25) is 19.3 Å². The number of ether oxygens (including phenoxy) is 5. The van der Waals surface area contributed by atoms with E-state index in [0.29, 0.717) is 12.0 Å². The first kappa shape index (κ1) is 45.4. The third-order valence-corrected chi connectivity index (χ3v) is 12.6. The summed E-state index contributed by atoms with van der Waals surface area (Å²) in [4.78, 5) is 77.4. The van der Waals surface area contributed by atoms with Gasteiger partial charge in [-0.25, -0.2) is 9.59 Å². The van der Waals surface area contributed by atoms with E-state index in [1.165, 1.54) is 25.0 Å². The van der Waals surface area contributed by atoms with Crippen LogP contribution in [0.2, 0.25) is 0 Å². The van der Waals surface area contributed by atoms with Gasteiger partial charge in [0.25, 0.3) is 0 Å². The molecule has 3 aliphatic heterocycles. The summed E-state index contributed by atoms with van der Waals surface area (Å²) in [5, 5.41) is 3.68. The number of hydrogen-bond acceptors (Lipinski definition) is 12. The molecular weight excluding hydrogens is 734 g/mol. The molecule has 57 heavy (non-hydrogen) atoms. The van der Waals surface area contributed by atoms with E-state index >= 15 is 0 Å². The van der Waals surface area contributed by atoms with Gasteiger partial charge in [0.2, 0.25) is 0 Å². The van der Waals surface area contributed by atoms with Crippen LogP contribution in [0.1, 0.15) is 85.0 Å². The van der Waals surface area contributed by atoms with Crippen molar-refractivity contribution in [1.82, 2.24) is 9.80 Å². The van der Waals surface area contributed by atoms with E-state index in [1.807, 2.05) is 32.8 Å². The highest BCUT2D eigenvalue weighted by Gasteiger charge is 2.62. The Labute approximate surface area is 336 Å². The van der Waals surface area contributed by atoms with E-state index in [-0.39, 0.29) is 37.3 Å². The first-order valence-corrected chi connectivity index (χ1v) is 19.9. The highest BCUT2D eigenvalue weighted by molar-refractivity contribution is 6.00. The Balaban J connectivity index is 1.91. The van der Waals surface area contributed by atoms with E-state index in [0.717, 1.165) is 0 Å². The van der Waals surface area contributed by atoms with Gasteiger partial charge in [-0.2, -0.15) is 0 Å². The molecule has 14 atom stereocenters. The predicted octanol–water partition coefficient (Wildman–Crippen LogP) is 6.19. The van der Waals surface area contributed by atoms with E-state index < -0.39 is 95.0 Å². The Morgan fingerprint density at radius 2 is 1.74 bits per heavy atom. The maximum Gasteiger partial charge on any atom is 0.411 e. The fraction of sp³-hybridized carbons (Fsp3) is 0.690. The maximum atomic E-state index is 14.8. The van der Waals surface area contributed by atoms with Gasteiger partial charge >= 0.3 is 18.0 Å². The summed E-state index contributed by atoms with van der Waals surface area (Å²) in [5.41, 5.74) is 6.63. The van der Waals surface area contributed by atoms with Crippen molar-refractivity contribution >= 4 is 29.6 Å². The molecular formula is C42H61N5O10. The maximum absolute atomic E-state index is 14.8. The molecule has 0 N–H and O–H groups in total. The summed E-state index contributed by atoms with van der Waals surface area (Å²) in [6, 6.07) is 6.43. The second kappa shape index (κ2) is 18.5. The molecule has 3 saturated heterocycles. The topological polar surface area (TPSA) is 187 Å². The summed E-state index contributed by atoms with van der Waals surface area (Å²) in [6.07, 6.45) is -1.77. The number of benzene rings is 1. The molecule has 0 saturated carbocycles. The number of methoxy groups -OCH3 is 1. The molecule has 15 heteroatoms. The number of nitrogens with zero attached hydrogens (tertiary/aromatic N) is 5. The second-order valence-electron chi connectivity index (χ2n) is 16.6. The molecule has 1 aromatic rings. The average Bonchev–Trinajstić information content (AvgIpc) is 3.46. The quantitative estimate of drug-likeness (QED) is 0.0500. The molecule has 0 spiro atoms. The van der Waals surface area contributed by atoms with E-state index in [2.05, 4.69) is 16.6 Å². The van der Waals surface area contributed by atoms with Crippen molar-refractivity contribution in [1.29, 1.82) is 0 Å². The zero-order valence-electron chi connectivity index (χ0n) is 35.2. The number of esters is 2. The SMILES string of the molecule is C=C[C@@H](CN=[N+]=[N-])N1C(=O)O[C@]2(C)C(CC)OC(=O)[C@H](C)C(=O)[C@H](C)C([C@@H]3O[C@H](C)C[C@H](N(C)C)[C@H]3OC(=O)c3ccccc3)[C@](C)(OC)C[C@@H](C)C(=O)[C@H](C)[C@@H]12. The molecule has 3 heterocycles. The Morgan fingerprint density at radius 1 is 1.09 bits per heavy atom. The molecule has 0 bridgehead atoms. The van der Waals surface area contributed by atoms with Gasteiger partial charge in [-0.15, -0.1) is 6.58 Å². The number of carbonyl (C=O) groups excluding carboxylic acids is 5. The number of fused-ring (bicyclic) bond motifs is 1. The largest absolute Gasteiger partial charge is 0.458 e. The summed E-state index contributed by atoms with van der Waals surface area (Å²) < 4.78 is 31.7. The molecule has 0 aliphatic carbocycles. The molecule has 1 aromatic carbocycles. The van der Waals surface area contributed by atoms with Gasteiger partial charge in [-0.1, -0.05) is 57.1 Å². The number of amides is 1. The number of cyclic esters (lactones) is 1. The van der Waals surface area contributed by atoms with Gasteiger partial charge in [0.15, 0.2) is 5.60 Å². The van der Waals surface area contributed by atoms with Crippen LogP contribution in [0.4, 0.5) is 4.79 Å². The van der Waals surface area contributed by atoms with Crippen LogP contribution in [0.15, 0.2) is 48.1 Å². The van der Waals surface area contributed by atoms with Gasteiger partial charge in [-0.05, 0) is 78.7 Å². The van der Waals surface area contributed by atoms with Crippen molar-refractivity contribution in [3.63, 3.8) is 0 Å². The van der Waals surface area contributed by atoms with Crippen LogP contribution in [0.5, 0.6) is 0 Å². The zero-order chi connectivity index (χ0) is 42.6. The summed E-state index contributed by atoms with van der Waals surface area (Å²) in [7, 11) is 5.29. The molecule has 15 nitrogen and oxygen atoms in total. The second-order valence-corrected chi connectivity index (χ2v) is 16.6. The average molecular weight is 796 g/mol. The Kier molecular flexibility index (Phi) is 14.8. The molecule has 4 rings (SSSR count). The Bertz CT molecular complexity index is 1700. The first-order chi connectivity index (χ1) is 26.8. The third kappa shape index (κ3) is 9.06. The molecule has 3 aliphatic rings. The number of likely N-dealkylation sites (N-methyl/N-ethyl adjacent to an activating group) is 1. The van der Waals surface area contributed by atoms with Gasteiger partial charge in [0, 0.05) is 35.7 Å². The monoisotopic (exact) mass is 795 g/mol. The lowest BCUT2D eigenvalue weighted by atomic mass is 9.66. The van der Waals surface area contributed by atoms with Crippen molar-refractivity contribution in [2.45, 2.75) is 128 Å². The van der Waals surface area contributed by atoms with E-state index in [1.54, 1.807) is 65.0 Å². The molecule has 3 fully saturated rings. The van der Waals surface area contributed by atoms with Crippen molar-refractivity contribution in [3.8, 4) is 0 Å². The first-order valence-electron chi connectivity index (χ1n) is 19.9. The zero-order valence-corrected chi connectivity index (χ0v) is 35.2. The Morgan fingerprint density at radius 3 is 2.30 bits per heavy atom. The number of ketones is 2. The van der Waals surface area contributed by atoms with Crippen molar-refractivity contribution in [2.75, 3.05) is 27.7 Å². The minimum Gasteiger partial charge on any atom is -0.458 e. The fourth-order valence-corrected chi connectivity index (χ4v) is 9.59. The van der Waals surface area contributed by atoms with Crippen LogP contribution in [0.25, 0.3) is 10.4 Å². The van der Waals surface area contributed by atoms with Crippen LogP contribution in [0.3, 0.4) is 0 Å². The van der Waals surface area contributed by atoms with Crippen LogP contribution in [-0.2, 0) is 38.1 Å². The highest BCUT2D eigenvalue weighted by atomic mass is 16.6. The minimum absolute atomic E-state index is 0.0903. The van der Waals surface area contributed by atoms with Crippen LogP contribution in [-0.4, -0.2) is 121 Å². The number of rotatable bonds is 10. The smallest absolute Gasteiger partial charge is 0.411 e. The number of Topliss-reactive ketones (excluding diaryl/α,β-unsaturated/α-hetero) is 2. The molecule has 314 valence electrons. The van der Waals surface area contributed by atoms with Gasteiger partial charge in [0.05, 0.1) is 41.9 Å². The van der Waals surface area contributed by atoms with Crippen molar-refractivity contribution < 1.29 is 47.7 Å². The van der Waals surface area contributed by atoms with Crippen LogP contribution >= 0.6 is 0 Å². The highest BCUT2D eigenvalue weighted by Crippen LogP contribution is 2.46. The minimum atomic E-state index is -1.55. The summed E-state index contributed by atoms with van der Waals surface area (Å²) in [5.74, 6) is -6.80. The normalized spacial score (nSPS) is 37.3. The van der Waals surface area contributed by atoms with Crippen molar-refractivity contribution in [3.05, 3.63) is 59.0 Å².